The molecule has 0 unspecified atom stereocenters. The molecular formula is C13H20N2O2S. The normalized spacial score (nSPS) is 15.7. The maximum atomic E-state index is 11.5. The maximum Gasteiger partial charge on any atom is 0.175 e. The molecule has 0 radical (unpaired) electrons. The lowest BCUT2D eigenvalue weighted by molar-refractivity contribution is 0.602. The van der Waals surface area contributed by atoms with Gasteiger partial charge in [0.05, 0.1) is 16.3 Å². The van der Waals surface area contributed by atoms with E-state index in [1.54, 1.807) is 12.1 Å². The van der Waals surface area contributed by atoms with Crippen molar-refractivity contribution in [2.24, 2.45) is 0 Å². The van der Waals surface area contributed by atoms with Crippen LogP contribution in [0.5, 0.6) is 0 Å². The molecular weight excluding hydrogens is 248 g/mol. The Bertz CT molecular complexity index is 536. The lowest BCUT2D eigenvalue weighted by Crippen LogP contribution is -2.27. The summed E-state index contributed by atoms with van der Waals surface area (Å²) in [6.07, 6.45) is 4.66. The zero-order chi connectivity index (χ0) is 13.3. The van der Waals surface area contributed by atoms with Gasteiger partial charge in [0.15, 0.2) is 9.84 Å². The Balaban J connectivity index is 2.33. The molecule has 1 aromatic rings. The summed E-state index contributed by atoms with van der Waals surface area (Å²) >= 11 is 0. The molecule has 0 aromatic heterocycles. The summed E-state index contributed by atoms with van der Waals surface area (Å²) in [5.41, 5.74) is 7.53. The SMILES string of the molecule is CCCN(c1ccc(S(C)(=O)=O)cc1N)C1CC1. The van der Waals surface area contributed by atoms with Gasteiger partial charge in [-0.25, -0.2) is 8.42 Å². The highest BCUT2D eigenvalue weighted by Crippen LogP contribution is 2.35. The summed E-state index contributed by atoms with van der Waals surface area (Å²) in [6, 6.07) is 5.62. The van der Waals surface area contributed by atoms with Crippen LogP contribution in [0.2, 0.25) is 0 Å². The van der Waals surface area contributed by atoms with Gasteiger partial charge in [0, 0.05) is 18.8 Å². The molecule has 18 heavy (non-hydrogen) atoms. The van der Waals surface area contributed by atoms with E-state index in [-0.39, 0.29) is 4.90 Å². The molecule has 1 aliphatic carbocycles. The Hall–Kier alpha value is -1.23. The lowest BCUT2D eigenvalue weighted by atomic mass is 10.2. The van der Waals surface area contributed by atoms with Gasteiger partial charge in [-0.3, -0.25) is 0 Å². The van der Waals surface area contributed by atoms with E-state index in [1.165, 1.54) is 19.1 Å². The fraction of sp³-hybridized carbons (Fsp3) is 0.538. The van der Waals surface area contributed by atoms with Gasteiger partial charge in [-0.15, -0.1) is 0 Å². The van der Waals surface area contributed by atoms with Gasteiger partial charge < -0.3 is 10.6 Å². The molecule has 0 spiro atoms. The number of rotatable bonds is 5. The first-order chi connectivity index (χ1) is 8.43. The Morgan fingerprint density at radius 1 is 1.39 bits per heavy atom. The second kappa shape index (κ2) is 4.80. The molecule has 0 saturated heterocycles. The van der Waals surface area contributed by atoms with Crippen LogP contribution in [0.25, 0.3) is 0 Å². The Labute approximate surface area is 109 Å². The molecule has 0 bridgehead atoms. The second-order valence-corrected chi connectivity index (χ2v) is 6.93. The van der Waals surface area contributed by atoms with E-state index < -0.39 is 9.84 Å². The lowest BCUT2D eigenvalue weighted by Gasteiger charge is -2.25. The van der Waals surface area contributed by atoms with Gasteiger partial charge >= 0.3 is 0 Å². The molecule has 0 heterocycles. The first-order valence-corrected chi connectivity index (χ1v) is 8.19. The molecule has 2 N–H and O–H groups in total. The van der Waals surface area contributed by atoms with E-state index in [1.807, 2.05) is 6.07 Å². The van der Waals surface area contributed by atoms with Crippen LogP contribution in [0.4, 0.5) is 11.4 Å². The topological polar surface area (TPSA) is 63.4 Å². The first kappa shape index (κ1) is 13.2. The van der Waals surface area contributed by atoms with E-state index in [9.17, 15) is 8.42 Å². The van der Waals surface area contributed by atoms with Gasteiger partial charge in [-0.1, -0.05) is 6.92 Å². The number of hydrogen-bond donors (Lipinski definition) is 1. The van der Waals surface area contributed by atoms with Gasteiger partial charge in [-0.05, 0) is 37.5 Å². The zero-order valence-electron chi connectivity index (χ0n) is 10.9. The van der Waals surface area contributed by atoms with Crippen LogP contribution in [0.1, 0.15) is 26.2 Å². The fourth-order valence-electron chi connectivity index (χ4n) is 2.15. The van der Waals surface area contributed by atoms with Crippen LogP contribution in [0.3, 0.4) is 0 Å². The molecule has 1 saturated carbocycles. The van der Waals surface area contributed by atoms with Gasteiger partial charge in [-0.2, -0.15) is 0 Å². The molecule has 1 fully saturated rings. The summed E-state index contributed by atoms with van der Waals surface area (Å²) < 4.78 is 22.9. The van der Waals surface area contributed by atoms with Gasteiger partial charge in [0.2, 0.25) is 0 Å². The van der Waals surface area contributed by atoms with E-state index >= 15 is 0 Å². The van der Waals surface area contributed by atoms with Crippen molar-refractivity contribution in [1.29, 1.82) is 0 Å². The third kappa shape index (κ3) is 2.77. The highest BCUT2D eigenvalue weighted by Gasteiger charge is 2.29. The van der Waals surface area contributed by atoms with E-state index in [4.69, 9.17) is 5.73 Å². The quantitative estimate of drug-likeness (QED) is 0.830. The zero-order valence-corrected chi connectivity index (χ0v) is 11.7. The number of sulfone groups is 1. The molecule has 100 valence electrons. The average Bonchev–Trinajstić information content (AvgIpc) is 3.09. The van der Waals surface area contributed by atoms with Crippen LogP contribution < -0.4 is 10.6 Å². The molecule has 0 amide bonds. The van der Waals surface area contributed by atoms with Crippen molar-refractivity contribution in [3.8, 4) is 0 Å². The fourth-order valence-corrected chi connectivity index (χ4v) is 2.81. The molecule has 0 aliphatic heterocycles. The number of anilines is 2. The van der Waals surface area contributed by atoms with Crippen LogP contribution in [-0.2, 0) is 9.84 Å². The molecule has 0 atom stereocenters. The largest absolute Gasteiger partial charge is 0.397 e. The van der Waals surface area contributed by atoms with E-state index in [0.29, 0.717) is 11.7 Å². The third-order valence-corrected chi connectivity index (χ3v) is 4.30. The van der Waals surface area contributed by atoms with E-state index in [0.717, 1.165) is 18.7 Å². The van der Waals surface area contributed by atoms with Crippen molar-refractivity contribution in [3.63, 3.8) is 0 Å². The molecule has 4 nitrogen and oxygen atoms in total. The average molecular weight is 268 g/mol. The summed E-state index contributed by atoms with van der Waals surface area (Å²) in [7, 11) is -3.18. The highest BCUT2D eigenvalue weighted by atomic mass is 32.2. The molecule has 1 aromatic carbocycles. The summed E-state index contributed by atoms with van der Waals surface area (Å²) in [6.45, 7) is 3.10. The van der Waals surface area contributed by atoms with Crippen molar-refractivity contribution in [2.75, 3.05) is 23.4 Å². The van der Waals surface area contributed by atoms with Crippen molar-refractivity contribution < 1.29 is 8.42 Å². The first-order valence-electron chi connectivity index (χ1n) is 6.29. The standard InChI is InChI=1S/C13H20N2O2S/c1-3-8-15(10-4-5-10)13-7-6-11(9-12(13)14)18(2,16)17/h6-7,9-10H,3-5,8,14H2,1-2H3. The van der Waals surface area contributed by atoms with Crippen molar-refractivity contribution in [2.45, 2.75) is 37.1 Å². The summed E-state index contributed by atoms with van der Waals surface area (Å²) in [4.78, 5) is 2.58. The smallest absolute Gasteiger partial charge is 0.175 e. The molecule has 5 heteroatoms. The van der Waals surface area contributed by atoms with Gasteiger partial charge in [0.25, 0.3) is 0 Å². The number of nitrogen functional groups attached to an aromatic ring is 1. The predicted octanol–water partition coefficient (Wildman–Crippen LogP) is 2.05. The summed E-state index contributed by atoms with van der Waals surface area (Å²) in [5, 5.41) is 0. The van der Waals surface area contributed by atoms with E-state index in [2.05, 4.69) is 11.8 Å². The Morgan fingerprint density at radius 2 is 2.06 bits per heavy atom. The maximum absolute atomic E-state index is 11.5. The minimum absolute atomic E-state index is 0.288. The highest BCUT2D eigenvalue weighted by molar-refractivity contribution is 7.90. The minimum atomic E-state index is -3.18. The van der Waals surface area contributed by atoms with Crippen LogP contribution in [-0.4, -0.2) is 27.3 Å². The van der Waals surface area contributed by atoms with Crippen LogP contribution >= 0.6 is 0 Å². The van der Waals surface area contributed by atoms with Gasteiger partial charge in [0.1, 0.15) is 0 Å². The minimum Gasteiger partial charge on any atom is -0.397 e. The number of benzene rings is 1. The Kier molecular flexibility index (Phi) is 3.52. The number of hydrogen-bond acceptors (Lipinski definition) is 4. The number of nitrogens with two attached hydrogens (primary N) is 1. The van der Waals surface area contributed by atoms with Crippen molar-refractivity contribution >= 4 is 21.2 Å². The van der Waals surface area contributed by atoms with Crippen LogP contribution in [0, 0.1) is 0 Å². The Morgan fingerprint density at radius 3 is 2.50 bits per heavy atom. The molecule has 1 aliphatic rings. The number of nitrogens with zero attached hydrogens (tertiary/aromatic N) is 1. The second-order valence-electron chi connectivity index (χ2n) is 4.92. The third-order valence-electron chi connectivity index (χ3n) is 3.19. The predicted molar refractivity (Wildman–Crippen MR) is 74.6 cm³/mol. The monoisotopic (exact) mass is 268 g/mol. The summed E-state index contributed by atoms with van der Waals surface area (Å²) in [5.74, 6) is 0. The molecule has 2 rings (SSSR count). The van der Waals surface area contributed by atoms with Crippen LogP contribution in [0.15, 0.2) is 23.1 Å². The van der Waals surface area contributed by atoms with Crippen molar-refractivity contribution in [1.82, 2.24) is 0 Å². The van der Waals surface area contributed by atoms with Crippen molar-refractivity contribution in [3.05, 3.63) is 18.2 Å².